The van der Waals surface area contributed by atoms with Crippen molar-refractivity contribution in [2.24, 2.45) is 4.99 Å². The van der Waals surface area contributed by atoms with Gasteiger partial charge in [-0.15, -0.1) is 11.3 Å². The van der Waals surface area contributed by atoms with Crippen molar-refractivity contribution >= 4 is 29.3 Å². The van der Waals surface area contributed by atoms with Crippen molar-refractivity contribution in [3.63, 3.8) is 0 Å². The molecular formula is C16H14N2O4S. The number of esters is 1. The number of cyclic esters (lactones) is 1. The summed E-state index contributed by atoms with van der Waals surface area (Å²) in [6, 6.07) is 5.19. The lowest BCUT2D eigenvalue weighted by atomic mass is 10.2. The summed E-state index contributed by atoms with van der Waals surface area (Å²) in [5.74, 6) is 0.862. The Balaban J connectivity index is 1.93. The molecule has 6 nitrogen and oxygen atoms in total. The summed E-state index contributed by atoms with van der Waals surface area (Å²) in [5, 5.41) is 2.78. The van der Waals surface area contributed by atoms with Gasteiger partial charge in [0.1, 0.15) is 0 Å². The first-order valence-electron chi connectivity index (χ1n) is 6.78. The highest BCUT2D eigenvalue weighted by Crippen LogP contribution is 2.29. The van der Waals surface area contributed by atoms with Crippen molar-refractivity contribution < 1.29 is 19.0 Å². The molecule has 0 bridgehead atoms. The molecule has 0 radical (unpaired) electrons. The van der Waals surface area contributed by atoms with Gasteiger partial charge in [0.05, 0.1) is 24.9 Å². The number of rotatable bonds is 4. The molecule has 0 aliphatic carbocycles. The number of aryl methyl sites for hydroxylation is 1. The second-order valence-electron chi connectivity index (χ2n) is 4.70. The normalized spacial score (nSPS) is 15.5. The molecule has 1 aromatic heterocycles. The van der Waals surface area contributed by atoms with Gasteiger partial charge in [-0.3, -0.25) is 0 Å². The summed E-state index contributed by atoms with van der Waals surface area (Å²) >= 11 is 1.51. The minimum Gasteiger partial charge on any atom is -0.493 e. The molecule has 0 amide bonds. The zero-order valence-corrected chi connectivity index (χ0v) is 13.6. The Hall–Kier alpha value is -2.67. The van der Waals surface area contributed by atoms with E-state index in [1.54, 1.807) is 38.5 Å². The average Bonchev–Trinajstić information content (AvgIpc) is 3.13. The Labute approximate surface area is 137 Å². The molecule has 1 aliphatic heterocycles. The average molecular weight is 330 g/mol. The molecule has 0 N–H and O–H groups in total. The van der Waals surface area contributed by atoms with Crippen LogP contribution in [-0.2, 0) is 9.53 Å². The Bertz CT molecular complexity index is 823. The number of carbonyl (C=O) groups is 1. The van der Waals surface area contributed by atoms with E-state index in [0.717, 1.165) is 5.01 Å². The molecule has 0 unspecified atom stereocenters. The Morgan fingerprint density at radius 3 is 2.65 bits per heavy atom. The Morgan fingerprint density at radius 2 is 2.00 bits per heavy atom. The molecule has 3 rings (SSSR count). The van der Waals surface area contributed by atoms with Crippen LogP contribution >= 0.6 is 11.3 Å². The molecule has 2 heterocycles. The summed E-state index contributed by atoms with van der Waals surface area (Å²) in [7, 11) is 3.10. The number of carbonyl (C=O) groups excluding carboxylic acids is 1. The second kappa shape index (κ2) is 6.21. The molecule has 1 aromatic carbocycles. The van der Waals surface area contributed by atoms with E-state index in [-0.39, 0.29) is 11.6 Å². The molecule has 2 aromatic rings. The van der Waals surface area contributed by atoms with E-state index in [0.29, 0.717) is 22.8 Å². The summed E-state index contributed by atoms with van der Waals surface area (Å²) in [4.78, 5) is 20.5. The Kier molecular flexibility index (Phi) is 4.12. The van der Waals surface area contributed by atoms with Gasteiger partial charge in [0, 0.05) is 10.9 Å². The highest BCUT2D eigenvalue weighted by Gasteiger charge is 2.25. The zero-order valence-electron chi connectivity index (χ0n) is 12.8. The third-order valence-corrected chi connectivity index (χ3v) is 3.96. The molecule has 1 aliphatic rings. The summed E-state index contributed by atoms with van der Waals surface area (Å²) < 4.78 is 15.7. The number of hydrogen-bond acceptors (Lipinski definition) is 7. The topological polar surface area (TPSA) is 70.0 Å². The number of nitrogens with zero attached hydrogens (tertiary/aromatic N) is 2. The van der Waals surface area contributed by atoms with Gasteiger partial charge in [0.15, 0.2) is 17.2 Å². The highest BCUT2D eigenvalue weighted by molar-refractivity contribution is 7.09. The lowest BCUT2D eigenvalue weighted by molar-refractivity contribution is -0.129. The number of aliphatic imine (C=N–C) groups is 1. The molecule has 7 heteroatoms. The second-order valence-corrected chi connectivity index (χ2v) is 5.76. The van der Waals surface area contributed by atoms with E-state index in [1.807, 2.05) is 12.3 Å². The number of ether oxygens (including phenoxy) is 3. The maximum atomic E-state index is 12.0. The number of thiazole rings is 1. The standard InChI is InChI=1S/C16H14N2O4S/c1-9-17-11(8-23-9)7-12-16(19)22-15(18-12)10-4-5-13(20-2)14(6-10)21-3/h4-8H,1-3H3/b12-7+. The van der Waals surface area contributed by atoms with Gasteiger partial charge in [-0.05, 0) is 31.2 Å². The van der Waals surface area contributed by atoms with Crippen molar-refractivity contribution in [2.75, 3.05) is 14.2 Å². The van der Waals surface area contributed by atoms with Gasteiger partial charge >= 0.3 is 5.97 Å². The number of hydrogen-bond donors (Lipinski definition) is 0. The fourth-order valence-electron chi connectivity index (χ4n) is 2.09. The smallest absolute Gasteiger partial charge is 0.363 e. The summed E-state index contributed by atoms with van der Waals surface area (Å²) in [6.45, 7) is 1.90. The van der Waals surface area contributed by atoms with Crippen molar-refractivity contribution in [1.82, 2.24) is 4.98 Å². The molecule has 0 atom stereocenters. The molecule has 118 valence electrons. The van der Waals surface area contributed by atoms with E-state index in [2.05, 4.69) is 9.98 Å². The van der Waals surface area contributed by atoms with Crippen LogP contribution in [0, 0.1) is 6.92 Å². The quantitative estimate of drug-likeness (QED) is 0.637. The molecule has 0 saturated carbocycles. The van der Waals surface area contributed by atoms with Crippen LogP contribution in [0.1, 0.15) is 16.3 Å². The monoisotopic (exact) mass is 330 g/mol. The number of aromatic nitrogens is 1. The van der Waals surface area contributed by atoms with Crippen molar-refractivity contribution in [3.8, 4) is 11.5 Å². The van der Waals surface area contributed by atoms with Gasteiger partial charge in [-0.25, -0.2) is 14.8 Å². The Morgan fingerprint density at radius 1 is 1.22 bits per heavy atom. The first-order chi connectivity index (χ1) is 11.1. The van der Waals surface area contributed by atoms with Gasteiger partial charge in [-0.2, -0.15) is 0 Å². The molecular weight excluding hydrogens is 316 g/mol. The predicted octanol–water partition coefficient (Wildman–Crippen LogP) is 2.81. The molecule has 0 saturated heterocycles. The van der Waals surface area contributed by atoms with Crippen molar-refractivity contribution in [2.45, 2.75) is 6.92 Å². The minimum atomic E-state index is -0.500. The zero-order chi connectivity index (χ0) is 16.4. The van der Waals surface area contributed by atoms with Crippen LogP contribution in [0.25, 0.3) is 6.08 Å². The maximum absolute atomic E-state index is 12.0. The van der Waals surface area contributed by atoms with E-state index >= 15 is 0 Å². The maximum Gasteiger partial charge on any atom is 0.363 e. The van der Waals surface area contributed by atoms with Gasteiger partial charge < -0.3 is 14.2 Å². The van der Waals surface area contributed by atoms with E-state index in [1.165, 1.54) is 11.3 Å². The van der Waals surface area contributed by atoms with Gasteiger partial charge in [0.25, 0.3) is 0 Å². The SMILES string of the molecule is COc1ccc(C2=N/C(=C/c3csc(C)n3)C(=O)O2)cc1OC. The summed E-state index contributed by atoms with van der Waals surface area (Å²) in [5.41, 5.74) is 1.55. The van der Waals surface area contributed by atoms with E-state index in [9.17, 15) is 4.79 Å². The third kappa shape index (κ3) is 3.09. The van der Waals surface area contributed by atoms with Crippen molar-refractivity contribution in [1.29, 1.82) is 0 Å². The van der Waals surface area contributed by atoms with E-state index in [4.69, 9.17) is 14.2 Å². The predicted molar refractivity (Wildman–Crippen MR) is 87.0 cm³/mol. The third-order valence-electron chi connectivity index (χ3n) is 3.17. The fraction of sp³-hybridized carbons (Fsp3) is 0.188. The summed E-state index contributed by atoms with van der Waals surface area (Å²) in [6.07, 6.45) is 1.61. The molecule has 0 spiro atoms. The van der Waals surface area contributed by atoms with Crippen LogP contribution in [0.5, 0.6) is 11.5 Å². The van der Waals surface area contributed by atoms with E-state index < -0.39 is 5.97 Å². The lowest BCUT2D eigenvalue weighted by Gasteiger charge is -2.08. The van der Waals surface area contributed by atoms with Gasteiger partial charge in [-0.1, -0.05) is 0 Å². The molecule has 23 heavy (non-hydrogen) atoms. The van der Waals surface area contributed by atoms with Crippen LogP contribution in [-0.4, -0.2) is 31.1 Å². The minimum absolute atomic E-state index is 0.222. The number of methoxy groups -OCH3 is 2. The van der Waals surface area contributed by atoms with Crippen LogP contribution in [0.4, 0.5) is 0 Å². The van der Waals surface area contributed by atoms with Gasteiger partial charge in [0.2, 0.25) is 5.90 Å². The lowest BCUT2D eigenvalue weighted by Crippen LogP contribution is -2.06. The van der Waals surface area contributed by atoms with Crippen LogP contribution in [0.3, 0.4) is 0 Å². The van der Waals surface area contributed by atoms with Crippen LogP contribution in [0.15, 0.2) is 34.3 Å². The van der Waals surface area contributed by atoms with Crippen molar-refractivity contribution in [3.05, 3.63) is 45.5 Å². The first-order valence-corrected chi connectivity index (χ1v) is 7.66. The largest absolute Gasteiger partial charge is 0.493 e. The highest BCUT2D eigenvalue weighted by atomic mass is 32.1. The first kappa shape index (κ1) is 15.2. The van der Waals surface area contributed by atoms with Crippen LogP contribution in [0.2, 0.25) is 0 Å². The number of benzene rings is 1. The fourth-order valence-corrected chi connectivity index (χ4v) is 2.66. The molecule has 0 fully saturated rings. The van der Waals surface area contributed by atoms with Crippen LogP contribution < -0.4 is 9.47 Å².